The Labute approximate surface area is 219 Å². The summed E-state index contributed by atoms with van der Waals surface area (Å²) in [5.74, 6) is 0.186. The van der Waals surface area contributed by atoms with Crippen LogP contribution >= 0.6 is 0 Å². The van der Waals surface area contributed by atoms with Crippen LogP contribution in [-0.2, 0) is 29.0 Å². The zero-order valence-corrected chi connectivity index (χ0v) is 22.0. The number of nitrogen functional groups attached to an aromatic ring is 1. The molecule has 0 bridgehead atoms. The van der Waals surface area contributed by atoms with Gasteiger partial charge in [-0.1, -0.05) is 55.5 Å². The molecule has 1 aromatic heterocycles. The van der Waals surface area contributed by atoms with Crippen molar-refractivity contribution in [2.75, 3.05) is 18.8 Å². The SMILES string of the molecule is CCc1ccccc1.Cc1nc(N)ccc1CNC(=O)C(C)NC(=O)CNCCCc1cccc(O)c1. The lowest BCUT2D eigenvalue weighted by molar-refractivity contribution is -0.128. The van der Waals surface area contributed by atoms with E-state index >= 15 is 0 Å². The monoisotopic (exact) mass is 505 g/mol. The summed E-state index contributed by atoms with van der Waals surface area (Å²) in [6.45, 7) is 6.75. The second-order valence-electron chi connectivity index (χ2n) is 8.78. The number of pyridine rings is 1. The third kappa shape index (κ3) is 11.6. The Balaban J connectivity index is 0.000000510. The molecule has 198 valence electrons. The number of carbonyl (C=O) groups excluding carboxylic acids is 2. The van der Waals surface area contributed by atoms with Gasteiger partial charge in [-0.15, -0.1) is 0 Å². The Kier molecular flexibility index (Phi) is 12.6. The van der Waals surface area contributed by atoms with E-state index in [-0.39, 0.29) is 24.1 Å². The van der Waals surface area contributed by atoms with E-state index in [2.05, 4.69) is 52.1 Å². The number of benzene rings is 2. The Morgan fingerprint density at radius 2 is 1.76 bits per heavy atom. The first-order valence-corrected chi connectivity index (χ1v) is 12.6. The number of carbonyl (C=O) groups is 2. The lowest BCUT2D eigenvalue weighted by Gasteiger charge is -2.15. The molecule has 1 heterocycles. The van der Waals surface area contributed by atoms with Crippen molar-refractivity contribution in [3.05, 3.63) is 89.1 Å². The third-order valence-electron chi connectivity index (χ3n) is 5.71. The summed E-state index contributed by atoms with van der Waals surface area (Å²) in [6, 6.07) is 20.5. The van der Waals surface area contributed by atoms with Crippen LogP contribution in [0.4, 0.5) is 5.82 Å². The van der Waals surface area contributed by atoms with E-state index in [0.717, 1.165) is 36.1 Å². The van der Waals surface area contributed by atoms with Crippen molar-refractivity contribution in [2.45, 2.75) is 52.6 Å². The smallest absolute Gasteiger partial charge is 0.242 e. The van der Waals surface area contributed by atoms with Crippen molar-refractivity contribution in [3.8, 4) is 5.75 Å². The van der Waals surface area contributed by atoms with Crippen molar-refractivity contribution in [1.82, 2.24) is 20.9 Å². The van der Waals surface area contributed by atoms with Crippen LogP contribution in [0.25, 0.3) is 0 Å². The quantitative estimate of drug-likeness (QED) is 0.254. The number of nitrogens with one attached hydrogen (secondary N) is 3. The Hall–Kier alpha value is -3.91. The van der Waals surface area contributed by atoms with Gasteiger partial charge in [0.2, 0.25) is 11.8 Å². The van der Waals surface area contributed by atoms with Gasteiger partial charge in [0.05, 0.1) is 6.54 Å². The molecule has 0 saturated heterocycles. The molecule has 1 atom stereocenters. The fourth-order valence-electron chi connectivity index (χ4n) is 3.53. The summed E-state index contributed by atoms with van der Waals surface area (Å²) in [6.07, 6.45) is 2.78. The van der Waals surface area contributed by atoms with Gasteiger partial charge in [0.25, 0.3) is 0 Å². The normalized spacial score (nSPS) is 11.1. The van der Waals surface area contributed by atoms with Crippen LogP contribution in [-0.4, -0.2) is 41.0 Å². The zero-order chi connectivity index (χ0) is 27.0. The number of nitrogens with zero attached hydrogens (tertiary/aromatic N) is 1. The summed E-state index contributed by atoms with van der Waals surface area (Å²) in [5, 5.41) is 18.0. The first-order chi connectivity index (χ1) is 17.8. The molecule has 0 radical (unpaired) electrons. The molecule has 0 aliphatic rings. The van der Waals surface area contributed by atoms with Gasteiger partial charge in [-0.05, 0) is 74.5 Å². The largest absolute Gasteiger partial charge is 0.508 e. The maximum atomic E-state index is 12.2. The third-order valence-corrected chi connectivity index (χ3v) is 5.71. The molecule has 8 heteroatoms. The van der Waals surface area contributed by atoms with E-state index in [1.807, 2.05) is 31.2 Å². The highest BCUT2D eigenvalue weighted by molar-refractivity contribution is 5.87. The van der Waals surface area contributed by atoms with E-state index < -0.39 is 6.04 Å². The molecule has 3 aromatic rings. The lowest BCUT2D eigenvalue weighted by atomic mass is 10.1. The molecule has 37 heavy (non-hydrogen) atoms. The topological polar surface area (TPSA) is 129 Å². The number of hydrogen-bond acceptors (Lipinski definition) is 6. The minimum atomic E-state index is -0.640. The first kappa shape index (κ1) is 29.3. The van der Waals surface area contributed by atoms with Gasteiger partial charge in [-0.25, -0.2) is 4.98 Å². The summed E-state index contributed by atoms with van der Waals surface area (Å²) in [5.41, 5.74) is 9.71. The molecule has 0 spiro atoms. The summed E-state index contributed by atoms with van der Waals surface area (Å²) in [4.78, 5) is 28.3. The molecule has 6 N–H and O–H groups in total. The van der Waals surface area contributed by atoms with Crippen LogP contribution in [0.1, 0.15) is 42.7 Å². The minimum absolute atomic E-state index is 0.138. The van der Waals surface area contributed by atoms with E-state index in [1.54, 1.807) is 25.1 Å². The number of aromatic nitrogens is 1. The number of aromatic hydroxyl groups is 1. The van der Waals surface area contributed by atoms with Gasteiger partial charge in [-0.2, -0.15) is 0 Å². The van der Waals surface area contributed by atoms with Gasteiger partial charge in [0.1, 0.15) is 17.6 Å². The van der Waals surface area contributed by atoms with E-state index in [4.69, 9.17) is 5.73 Å². The predicted octanol–water partition coefficient (Wildman–Crippen LogP) is 3.27. The van der Waals surface area contributed by atoms with E-state index in [0.29, 0.717) is 18.9 Å². The van der Waals surface area contributed by atoms with Gasteiger partial charge < -0.3 is 26.8 Å². The molecular formula is C29H39N5O3. The van der Waals surface area contributed by atoms with Crippen molar-refractivity contribution < 1.29 is 14.7 Å². The molecule has 1 unspecified atom stereocenters. The number of nitrogens with two attached hydrogens (primary N) is 1. The highest BCUT2D eigenvalue weighted by Gasteiger charge is 2.15. The number of aryl methyl sites for hydroxylation is 3. The van der Waals surface area contributed by atoms with Crippen molar-refractivity contribution >= 4 is 17.6 Å². The molecule has 0 fully saturated rings. The molecule has 2 amide bonds. The van der Waals surface area contributed by atoms with Gasteiger partial charge in [0.15, 0.2) is 0 Å². The van der Waals surface area contributed by atoms with Gasteiger partial charge >= 0.3 is 0 Å². The van der Waals surface area contributed by atoms with Crippen LogP contribution < -0.4 is 21.7 Å². The number of anilines is 1. The predicted molar refractivity (Wildman–Crippen MR) is 148 cm³/mol. The Morgan fingerprint density at radius 1 is 1.03 bits per heavy atom. The van der Waals surface area contributed by atoms with Crippen molar-refractivity contribution in [1.29, 1.82) is 0 Å². The van der Waals surface area contributed by atoms with Gasteiger partial charge in [0, 0.05) is 12.2 Å². The fraction of sp³-hybridized carbons (Fsp3) is 0.345. The number of amides is 2. The molecular weight excluding hydrogens is 466 g/mol. The number of phenolic OH excluding ortho intramolecular Hbond substituents is 1. The summed E-state index contributed by atoms with van der Waals surface area (Å²) < 4.78 is 0. The van der Waals surface area contributed by atoms with E-state index in [1.165, 1.54) is 5.56 Å². The molecule has 0 saturated carbocycles. The highest BCUT2D eigenvalue weighted by atomic mass is 16.3. The second-order valence-corrected chi connectivity index (χ2v) is 8.78. The minimum Gasteiger partial charge on any atom is -0.508 e. The average molecular weight is 506 g/mol. The maximum absolute atomic E-state index is 12.2. The lowest BCUT2D eigenvalue weighted by Crippen LogP contribution is -2.47. The molecule has 3 rings (SSSR count). The molecule has 0 aliphatic carbocycles. The van der Waals surface area contributed by atoms with Crippen LogP contribution in [0.5, 0.6) is 5.75 Å². The molecule has 2 aromatic carbocycles. The second kappa shape index (κ2) is 16.0. The van der Waals surface area contributed by atoms with Crippen LogP contribution in [0, 0.1) is 6.92 Å². The van der Waals surface area contributed by atoms with E-state index in [9.17, 15) is 14.7 Å². The fourth-order valence-corrected chi connectivity index (χ4v) is 3.53. The van der Waals surface area contributed by atoms with Crippen LogP contribution in [0.15, 0.2) is 66.7 Å². The van der Waals surface area contributed by atoms with Gasteiger partial charge in [-0.3, -0.25) is 9.59 Å². The summed E-state index contributed by atoms with van der Waals surface area (Å²) in [7, 11) is 0. The van der Waals surface area contributed by atoms with Crippen molar-refractivity contribution in [2.24, 2.45) is 0 Å². The molecule has 8 nitrogen and oxygen atoms in total. The Bertz CT molecular complexity index is 1120. The first-order valence-electron chi connectivity index (χ1n) is 12.6. The summed E-state index contributed by atoms with van der Waals surface area (Å²) >= 11 is 0. The highest BCUT2D eigenvalue weighted by Crippen LogP contribution is 2.12. The maximum Gasteiger partial charge on any atom is 0.242 e. The number of phenols is 1. The van der Waals surface area contributed by atoms with Crippen LogP contribution in [0.2, 0.25) is 0 Å². The molecule has 0 aliphatic heterocycles. The average Bonchev–Trinajstić information content (AvgIpc) is 2.88. The Morgan fingerprint density at radius 3 is 2.41 bits per heavy atom. The number of rotatable bonds is 11. The van der Waals surface area contributed by atoms with Crippen molar-refractivity contribution in [3.63, 3.8) is 0 Å². The van der Waals surface area contributed by atoms with Crippen LogP contribution in [0.3, 0.4) is 0 Å². The zero-order valence-electron chi connectivity index (χ0n) is 22.0. The number of hydrogen-bond donors (Lipinski definition) is 5. The standard InChI is InChI=1S/C21H29N5O3.C8H10/c1-14-17(8-9-19(22)25-14)12-24-21(29)15(2)26-20(28)13-23-10-4-6-16-5-3-7-18(27)11-16;1-2-8-6-4-3-5-7-8/h3,5,7-9,11,15,23,27H,4,6,10,12-13H2,1-2H3,(H2,22,25)(H,24,29)(H,26,28);3-7H,2H2,1H3.